The van der Waals surface area contributed by atoms with Crippen molar-refractivity contribution in [2.24, 2.45) is 0 Å². The molecule has 6 amide bonds. The summed E-state index contributed by atoms with van der Waals surface area (Å²) < 4.78 is 0. The van der Waals surface area contributed by atoms with E-state index in [1.807, 2.05) is 0 Å². The normalized spacial score (nSPS) is 10.4. The van der Waals surface area contributed by atoms with Crippen molar-refractivity contribution < 1.29 is 54.3 Å². The molecule has 1 aromatic carbocycles. The number of carboxylic acid groups (broad SMARTS) is 1. The SMILES string of the molecule is CC(=O)N(O)CCCCCNC(=O)CCC(=O)N(O)CCCCCNC(=O)CCC(=O)N(O)CCCCCNC(=S)Nc1ccc(NC(=S)NCC(=O)NCC(=O)O)cc1. The fraction of sp³-hybridized carbons (Fsp3) is 0.595. The average Bonchev–Trinajstić information content (AvgIpc) is 3.21. The van der Waals surface area contributed by atoms with E-state index in [1.54, 1.807) is 24.3 Å². The van der Waals surface area contributed by atoms with E-state index in [9.17, 15) is 49.2 Å². The molecule has 0 aliphatic heterocycles. The minimum absolute atomic E-state index is 0.0657. The minimum atomic E-state index is -1.15. The van der Waals surface area contributed by atoms with Crippen molar-refractivity contribution in [1.82, 2.24) is 41.8 Å². The third kappa shape index (κ3) is 27.5. The zero-order valence-electron chi connectivity index (χ0n) is 34.0. The molecule has 336 valence electrons. The molecule has 0 spiro atoms. The average molecular weight is 885 g/mol. The van der Waals surface area contributed by atoms with Crippen LogP contribution in [0, 0.1) is 0 Å². The maximum absolute atomic E-state index is 12.3. The van der Waals surface area contributed by atoms with Gasteiger partial charge in [-0.15, -0.1) is 0 Å². The van der Waals surface area contributed by atoms with Gasteiger partial charge in [-0.2, -0.15) is 0 Å². The molecule has 23 heteroatoms. The Morgan fingerprint density at radius 2 is 0.900 bits per heavy atom. The van der Waals surface area contributed by atoms with Gasteiger partial charge in [-0.05, 0) is 106 Å². The Kier molecular flexibility index (Phi) is 27.9. The number of hydrogen-bond donors (Lipinski definition) is 11. The van der Waals surface area contributed by atoms with Gasteiger partial charge in [-0.3, -0.25) is 49.2 Å². The second-order valence-corrected chi connectivity index (χ2v) is 14.3. The Bertz CT molecular complexity index is 1560. The maximum atomic E-state index is 12.3. The number of carbonyl (C=O) groups excluding carboxylic acids is 6. The van der Waals surface area contributed by atoms with Gasteiger partial charge in [0.25, 0.3) is 0 Å². The highest BCUT2D eigenvalue weighted by Crippen LogP contribution is 2.13. The smallest absolute Gasteiger partial charge is 0.322 e. The van der Waals surface area contributed by atoms with Crippen LogP contribution in [0.15, 0.2) is 24.3 Å². The molecule has 0 fully saturated rings. The summed E-state index contributed by atoms with van der Waals surface area (Å²) in [4.78, 5) is 81.5. The van der Waals surface area contributed by atoms with Crippen LogP contribution in [-0.4, -0.2) is 140 Å². The zero-order chi connectivity index (χ0) is 44.7. The van der Waals surface area contributed by atoms with Crippen LogP contribution in [0.25, 0.3) is 0 Å². The number of aliphatic carboxylic acids is 1. The molecule has 0 radical (unpaired) electrons. The number of hydroxylamine groups is 6. The zero-order valence-corrected chi connectivity index (χ0v) is 35.6. The molecule has 0 aromatic heterocycles. The van der Waals surface area contributed by atoms with Gasteiger partial charge in [0.2, 0.25) is 35.4 Å². The van der Waals surface area contributed by atoms with Crippen molar-refractivity contribution in [3.63, 3.8) is 0 Å². The van der Waals surface area contributed by atoms with E-state index in [0.717, 1.165) is 12.1 Å². The lowest BCUT2D eigenvalue weighted by Crippen LogP contribution is -2.40. The standard InChI is InChI=1S/C37H60N10O11S2/c1-27(48)45(56)22-8-2-5-19-38-30(49)15-17-33(52)46(57)23-9-3-6-20-39-31(50)16-18-34(53)47(58)24-10-4-7-21-40-36(59)43-28-11-13-29(14-12-28)44-37(60)42-25-32(51)41-26-35(54)55/h11-14,56-58H,2-10,15-26H2,1H3,(H,38,49)(H,39,50)(H,41,51)(H,54,55)(H2,40,43,59)(H2,42,44,60). The van der Waals surface area contributed by atoms with Crippen LogP contribution < -0.4 is 37.2 Å². The van der Waals surface area contributed by atoms with Crippen LogP contribution in [-0.2, 0) is 33.6 Å². The summed E-state index contributed by atoms with van der Waals surface area (Å²) in [5.74, 6) is -3.87. The summed E-state index contributed by atoms with van der Waals surface area (Å²) in [5.41, 5.74) is 1.37. The number of hydrogen-bond acceptors (Lipinski definition) is 12. The van der Waals surface area contributed by atoms with Crippen LogP contribution in [0.1, 0.15) is 90.4 Å². The molecular formula is C37H60N10O11S2. The molecule has 0 aliphatic rings. The maximum Gasteiger partial charge on any atom is 0.322 e. The number of rotatable bonds is 30. The highest BCUT2D eigenvalue weighted by Gasteiger charge is 2.15. The molecule has 0 saturated carbocycles. The third-order valence-electron chi connectivity index (χ3n) is 8.39. The van der Waals surface area contributed by atoms with Crippen molar-refractivity contribution in [1.29, 1.82) is 0 Å². The number of nitrogens with zero attached hydrogens (tertiary/aromatic N) is 3. The molecular weight excluding hydrogens is 825 g/mol. The lowest BCUT2D eigenvalue weighted by atomic mass is 10.2. The van der Waals surface area contributed by atoms with Crippen LogP contribution in [0.4, 0.5) is 11.4 Å². The molecule has 11 N–H and O–H groups in total. The van der Waals surface area contributed by atoms with Crippen molar-refractivity contribution in [2.75, 3.05) is 63.0 Å². The first-order valence-corrected chi connectivity index (χ1v) is 20.6. The molecule has 21 nitrogen and oxygen atoms in total. The quantitative estimate of drug-likeness (QED) is 0.0226. The lowest BCUT2D eigenvalue weighted by Gasteiger charge is -2.15. The van der Waals surface area contributed by atoms with Gasteiger partial charge in [0.15, 0.2) is 10.2 Å². The fourth-order valence-corrected chi connectivity index (χ4v) is 5.42. The molecule has 1 aromatic rings. The van der Waals surface area contributed by atoms with Crippen LogP contribution in [0.3, 0.4) is 0 Å². The number of benzene rings is 1. The van der Waals surface area contributed by atoms with Crippen LogP contribution in [0.5, 0.6) is 0 Å². The van der Waals surface area contributed by atoms with E-state index in [1.165, 1.54) is 6.92 Å². The summed E-state index contributed by atoms with van der Waals surface area (Å²) in [6, 6.07) is 7.03. The summed E-state index contributed by atoms with van der Waals surface area (Å²) in [6.45, 7) is 2.32. The minimum Gasteiger partial charge on any atom is -0.480 e. The Labute approximate surface area is 360 Å². The molecule has 0 aliphatic carbocycles. The number of unbranched alkanes of at least 4 members (excludes halogenated alkanes) is 6. The van der Waals surface area contributed by atoms with E-state index in [4.69, 9.17) is 29.5 Å². The van der Waals surface area contributed by atoms with Gasteiger partial charge >= 0.3 is 5.97 Å². The number of carboxylic acids is 1. The Balaban J connectivity index is 2.06. The van der Waals surface area contributed by atoms with Crippen molar-refractivity contribution in [2.45, 2.75) is 90.4 Å². The van der Waals surface area contributed by atoms with Crippen LogP contribution in [0.2, 0.25) is 0 Å². The second kappa shape index (κ2) is 31.7. The van der Waals surface area contributed by atoms with Crippen molar-refractivity contribution in [3.05, 3.63) is 24.3 Å². The van der Waals surface area contributed by atoms with Gasteiger partial charge in [0, 0.05) is 83.3 Å². The monoisotopic (exact) mass is 884 g/mol. The highest BCUT2D eigenvalue weighted by atomic mass is 32.1. The molecule has 0 heterocycles. The Hall–Kier alpha value is -5.23. The van der Waals surface area contributed by atoms with E-state index in [0.29, 0.717) is 97.0 Å². The van der Waals surface area contributed by atoms with Gasteiger partial charge in [0.1, 0.15) is 6.54 Å². The first-order valence-electron chi connectivity index (χ1n) is 19.7. The highest BCUT2D eigenvalue weighted by molar-refractivity contribution is 7.80. The van der Waals surface area contributed by atoms with Crippen molar-refractivity contribution in [3.8, 4) is 0 Å². The summed E-state index contributed by atoms with van der Waals surface area (Å²) in [7, 11) is 0. The van der Waals surface area contributed by atoms with E-state index >= 15 is 0 Å². The molecule has 1 rings (SSSR count). The predicted octanol–water partition coefficient (Wildman–Crippen LogP) is 1.44. The molecule has 0 saturated heterocycles. The topological polar surface area (TPSA) is 294 Å². The number of thiocarbonyl (C=S) groups is 2. The molecule has 60 heavy (non-hydrogen) atoms. The molecule has 0 atom stereocenters. The largest absolute Gasteiger partial charge is 0.480 e. The van der Waals surface area contributed by atoms with E-state index < -0.39 is 36.1 Å². The van der Waals surface area contributed by atoms with Gasteiger partial charge < -0.3 is 42.3 Å². The predicted molar refractivity (Wildman–Crippen MR) is 228 cm³/mol. The molecule has 0 unspecified atom stereocenters. The fourth-order valence-electron chi connectivity index (χ4n) is 5.01. The Morgan fingerprint density at radius 1 is 0.500 bits per heavy atom. The molecule has 0 bridgehead atoms. The second-order valence-electron chi connectivity index (χ2n) is 13.5. The van der Waals surface area contributed by atoms with Gasteiger partial charge in [-0.1, -0.05) is 0 Å². The van der Waals surface area contributed by atoms with Gasteiger partial charge in [-0.25, -0.2) is 15.2 Å². The Morgan fingerprint density at radius 3 is 1.32 bits per heavy atom. The van der Waals surface area contributed by atoms with E-state index in [-0.39, 0.29) is 68.8 Å². The number of carbonyl (C=O) groups is 7. The van der Waals surface area contributed by atoms with Gasteiger partial charge in [0.05, 0.1) is 6.54 Å². The summed E-state index contributed by atoms with van der Waals surface area (Å²) >= 11 is 10.5. The first-order chi connectivity index (χ1) is 28.6. The first kappa shape index (κ1) is 52.8. The lowest BCUT2D eigenvalue weighted by molar-refractivity contribution is -0.166. The summed E-state index contributed by atoms with van der Waals surface area (Å²) in [6.07, 6.45) is 5.14. The third-order valence-corrected chi connectivity index (χ3v) is 8.88. The number of anilines is 2. The van der Waals surface area contributed by atoms with Crippen LogP contribution >= 0.6 is 24.4 Å². The number of nitrogens with one attached hydrogen (secondary N) is 7. The van der Waals surface area contributed by atoms with E-state index in [2.05, 4.69) is 37.2 Å². The van der Waals surface area contributed by atoms with Crippen molar-refractivity contribution >= 4 is 87.4 Å². The number of amides is 6. The summed E-state index contributed by atoms with van der Waals surface area (Å²) in [5, 5.41) is 59.7.